The predicted molar refractivity (Wildman–Crippen MR) is 141 cm³/mol. The molecule has 0 saturated heterocycles. The van der Waals surface area contributed by atoms with Crippen molar-refractivity contribution in [3.63, 3.8) is 0 Å². The van der Waals surface area contributed by atoms with Crippen LogP contribution in [0.15, 0.2) is 49.2 Å². The number of alkyl carbamates (subject to hydrolysis) is 1. The highest BCUT2D eigenvalue weighted by atomic mass is 32.2. The van der Waals surface area contributed by atoms with E-state index in [0.29, 0.717) is 6.07 Å². The number of fused-ring (bicyclic) bond motifs is 1. The SMILES string of the molecule is CC(C)(C)OC(=O)N[C@H]1CS(=O)(=O)c2cc(F)c(-c3noc(=O)[nH]3)cc2N(Cc2ccc(-c3noc(C(F)(F)F)n3)nc2)C1=O. The first-order valence-electron chi connectivity index (χ1n) is 12.7. The van der Waals surface area contributed by atoms with E-state index in [0.717, 1.165) is 17.2 Å². The fourth-order valence-corrected chi connectivity index (χ4v) is 5.83. The van der Waals surface area contributed by atoms with Gasteiger partial charge in [-0.1, -0.05) is 16.4 Å². The summed E-state index contributed by atoms with van der Waals surface area (Å²) in [5.41, 5.74) is -1.66. The Morgan fingerprint density at radius 2 is 1.89 bits per heavy atom. The van der Waals surface area contributed by atoms with Crippen molar-refractivity contribution in [2.75, 3.05) is 10.7 Å². The first kappa shape index (κ1) is 31.3. The van der Waals surface area contributed by atoms with Gasteiger partial charge in [-0.15, -0.1) is 0 Å². The van der Waals surface area contributed by atoms with Gasteiger partial charge in [0.1, 0.15) is 23.2 Å². The van der Waals surface area contributed by atoms with E-state index in [4.69, 9.17) is 4.74 Å². The van der Waals surface area contributed by atoms with Crippen molar-refractivity contribution in [1.82, 2.24) is 30.6 Å². The molecule has 2 N–H and O–H groups in total. The highest BCUT2D eigenvalue weighted by molar-refractivity contribution is 7.91. The first-order chi connectivity index (χ1) is 20.9. The van der Waals surface area contributed by atoms with E-state index in [1.165, 1.54) is 12.1 Å². The van der Waals surface area contributed by atoms with E-state index in [-0.39, 0.29) is 16.9 Å². The van der Waals surface area contributed by atoms with Gasteiger partial charge in [0.25, 0.3) is 5.91 Å². The largest absolute Gasteiger partial charge is 0.471 e. The molecular formula is C25H21F4N7O8S. The van der Waals surface area contributed by atoms with E-state index < -0.39 is 91.5 Å². The molecule has 4 heterocycles. The van der Waals surface area contributed by atoms with Crippen LogP contribution in [0, 0.1) is 5.82 Å². The molecule has 2 amide bonds. The first-order valence-corrected chi connectivity index (χ1v) is 14.4. The maximum Gasteiger partial charge on any atom is 0.471 e. The molecule has 15 nitrogen and oxygen atoms in total. The number of amides is 2. The summed E-state index contributed by atoms with van der Waals surface area (Å²) in [7, 11) is -4.47. The molecule has 0 saturated carbocycles. The number of H-pyrrole nitrogens is 1. The molecule has 45 heavy (non-hydrogen) atoms. The highest BCUT2D eigenvalue weighted by Gasteiger charge is 2.41. The number of benzene rings is 1. The van der Waals surface area contributed by atoms with Gasteiger partial charge in [0.2, 0.25) is 5.82 Å². The summed E-state index contributed by atoms with van der Waals surface area (Å²) in [4.78, 5) is 47.6. The number of carbonyl (C=O) groups is 2. The fraction of sp³-hybridized carbons (Fsp3) is 0.320. The number of rotatable bonds is 5. The molecule has 1 aromatic carbocycles. The summed E-state index contributed by atoms with van der Waals surface area (Å²) in [6.45, 7) is 4.22. The van der Waals surface area contributed by atoms with Crippen LogP contribution in [0.5, 0.6) is 0 Å². The topological polar surface area (TPSA) is 203 Å². The Morgan fingerprint density at radius 3 is 2.47 bits per heavy atom. The van der Waals surface area contributed by atoms with Gasteiger partial charge in [-0.3, -0.25) is 19.3 Å². The Kier molecular flexibility index (Phi) is 7.71. The third-order valence-electron chi connectivity index (χ3n) is 6.07. The lowest BCUT2D eigenvalue weighted by molar-refractivity contribution is -0.159. The zero-order chi connectivity index (χ0) is 32.9. The molecule has 0 aliphatic carbocycles. The van der Waals surface area contributed by atoms with Gasteiger partial charge in [0.05, 0.1) is 28.4 Å². The molecule has 1 atom stereocenters. The monoisotopic (exact) mass is 655 g/mol. The zero-order valence-electron chi connectivity index (χ0n) is 23.3. The Labute approximate surface area is 249 Å². The number of nitrogens with one attached hydrogen (secondary N) is 2. The van der Waals surface area contributed by atoms with Gasteiger partial charge >= 0.3 is 23.9 Å². The molecular weight excluding hydrogens is 634 g/mol. The lowest BCUT2D eigenvalue weighted by Crippen LogP contribution is -2.51. The van der Waals surface area contributed by atoms with Crippen LogP contribution in [0.2, 0.25) is 0 Å². The number of aromatic amines is 1. The number of alkyl halides is 3. The Bertz CT molecular complexity index is 1950. The van der Waals surface area contributed by atoms with Crippen molar-refractivity contribution in [3.8, 4) is 22.9 Å². The number of carbonyl (C=O) groups excluding carboxylic acids is 2. The van der Waals surface area contributed by atoms with Crippen molar-refractivity contribution in [3.05, 3.63) is 58.3 Å². The summed E-state index contributed by atoms with van der Waals surface area (Å²) in [6, 6.07) is 2.46. The van der Waals surface area contributed by atoms with Crippen molar-refractivity contribution in [2.24, 2.45) is 0 Å². The third-order valence-corrected chi connectivity index (χ3v) is 7.84. The number of ether oxygens (including phenoxy) is 1. The smallest absolute Gasteiger partial charge is 0.444 e. The Balaban J connectivity index is 1.56. The quantitative estimate of drug-likeness (QED) is 0.298. The summed E-state index contributed by atoms with van der Waals surface area (Å²) in [5.74, 6) is -6.54. The number of nitrogens with zero attached hydrogens (tertiary/aromatic N) is 5. The van der Waals surface area contributed by atoms with Gasteiger partial charge in [0, 0.05) is 6.20 Å². The normalized spacial score (nSPS) is 16.6. The molecule has 3 aromatic heterocycles. The molecule has 4 aromatic rings. The third kappa shape index (κ3) is 6.69. The number of aromatic nitrogens is 5. The second kappa shape index (κ2) is 11.1. The molecule has 20 heteroatoms. The predicted octanol–water partition coefficient (Wildman–Crippen LogP) is 2.85. The number of hydrogen-bond donors (Lipinski definition) is 2. The van der Waals surface area contributed by atoms with E-state index in [1.807, 2.05) is 0 Å². The van der Waals surface area contributed by atoms with Crippen LogP contribution in [0.3, 0.4) is 0 Å². The van der Waals surface area contributed by atoms with Crippen molar-refractivity contribution in [2.45, 2.75) is 50.0 Å². The van der Waals surface area contributed by atoms with Crippen molar-refractivity contribution >= 4 is 27.5 Å². The Hall–Kier alpha value is -5.14. The number of halogens is 4. The minimum absolute atomic E-state index is 0.119. The van der Waals surface area contributed by atoms with Gasteiger partial charge in [-0.25, -0.2) is 22.4 Å². The van der Waals surface area contributed by atoms with Gasteiger partial charge < -0.3 is 19.5 Å². The number of sulfone groups is 1. The second-order valence-electron chi connectivity index (χ2n) is 10.6. The molecule has 0 unspecified atom stereocenters. The number of anilines is 1. The zero-order valence-corrected chi connectivity index (χ0v) is 24.1. The molecule has 0 fully saturated rings. The summed E-state index contributed by atoms with van der Waals surface area (Å²) in [5, 5.41) is 8.92. The second-order valence-corrected chi connectivity index (χ2v) is 12.6. The molecule has 1 aliphatic heterocycles. The minimum Gasteiger partial charge on any atom is -0.444 e. The maximum absolute atomic E-state index is 15.2. The lowest BCUT2D eigenvalue weighted by Gasteiger charge is -2.27. The lowest BCUT2D eigenvalue weighted by atomic mass is 10.1. The van der Waals surface area contributed by atoms with E-state index in [9.17, 15) is 36.0 Å². The minimum atomic E-state index is -4.88. The van der Waals surface area contributed by atoms with Crippen LogP contribution in [0.25, 0.3) is 22.9 Å². The number of pyridine rings is 1. The standard InChI is InChI=1S/C25H21F4N7O8S/c1-24(2,3)42-22(38)31-15-10-45(40,41)17-7-13(26)12(18-33-23(39)44-34-18)6-16(17)36(20(15)37)9-11-4-5-14(30-8-11)19-32-21(43-35-19)25(27,28)29/h4-8,15H,9-10H2,1-3H3,(H,31,38)(H,33,34,39)/t15-/m0/s1. The fourth-order valence-electron chi connectivity index (χ4n) is 4.21. The van der Waals surface area contributed by atoms with Gasteiger partial charge in [-0.2, -0.15) is 18.2 Å². The van der Waals surface area contributed by atoms with Crippen LogP contribution >= 0.6 is 0 Å². The van der Waals surface area contributed by atoms with E-state index >= 15 is 4.39 Å². The molecule has 1 aliphatic rings. The van der Waals surface area contributed by atoms with Crippen LogP contribution in [-0.4, -0.2) is 63.1 Å². The van der Waals surface area contributed by atoms with Gasteiger partial charge in [0.15, 0.2) is 15.7 Å². The molecule has 5 rings (SSSR count). The van der Waals surface area contributed by atoms with E-state index in [1.54, 1.807) is 20.8 Å². The molecule has 0 bridgehead atoms. The molecule has 238 valence electrons. The Morgan fingerprint density at radius 1 is 1.16 bits per heavy atom. The van der Waals surface area contributed by atoms with Crippen LogP contribution in [-0.2, 0) is 32.1 Å². The van der Waals surface area contributed by atoms with Crippen molar-refractivity contribution in [1.29, 1.82) is 0 Å². The maximum atomic E-state index is 15.2. The van der Waals surface area contributed by atoms with Crippen molar-refractivity contribution < 1.29 is 49.4 Å². The number of hydrogen-bond acceptors (Lipinski definition) is 12. The van der Waals surface area contributed by atoms with Crippen LogP contribution < -0.4 is 16.0 Å². The van der Waals surface area contributed by atoms with Crippen LogP contribution in [0.4, 0.5) is 28.0 Å². The van der Waals surface area contributed by atoms with E-state index in [2.05, 4.69) is 39.6 Å². The summed E-state index contributed by atoms with van der Waals surface area (Å²) < 4.78 is 94.5. The summed E-state index contributed by atoms with van der Waals surface area (Å²) >= 11 is 0. The molecule has 0 spiro atoms. The average molecular weight is 656 g/mol. The molecule has 0 radical (unpaired) electrons. The summed E-state index contributed by atoms with van der Waals surface area (Å²) in [6.07, 6.45) is -4.83. The van der Waals surface area contributed by atoms with Gasteiger partial charge in [-0.05, 0) is 44.5 Å². The average Bonchev–Trinajstić information content (AvgIpc) is 3.58. The highest BCUT2D eigenvalue weighted by Crippen LogP contribution is 2.37. The van der Waals surface area contributed by atoms with Crippen LogP contribution in [0.1, 0.15) is 32.2 Å².